The molecule has 1 aliphatic rings. The fraction of sp³-hybridized carbons (Fsp3) is 0.636. The van der Waals surface area contributed by atoms with Crippen LogP contribution < -0.4 is 5.32 Å². The topological polar surface area (TPSA) is 34.4 Å². The van der Waals surface area contributed by atoms with Gasteiger partial charge in [0.15, 0.2) is 0 Å². The van der Waals surface area contributed by atoms with Gasteiger partial charge in [-0.15, -0.1) is 0 Å². The summed E-state index contributed by atoms with van der Waals surface area (Å²) in [4.78, 5) is 0. The van der Waals surface area contributed by atoms with E-state index in [1.807, 2.05) is 13.1 Å². The summed E-state index contributed by atoms with van der Waals surface area (Å²) in [6.45, 7) is 2.98. The van der Waals surface area contributed by atoms with Crippen molar-refractivity contribution >= 4 is 15.9 Å². The van der Waals surface area contributed by atoms with Crippen LogP contribution in [-0.4, -0.2) is 19.3 Å². The van der Waals surface area contributed by atoms with Crippen molar-refractivity contribution in [3.05, 3.63) is 22.6 Å². The van der Waals surface area contributed by atoms with E-state index in [2.05, 4.69) is 28.2 Å². The maximum Gasteiger partial charge on any atom is 0.137 e. The third kappa shape index (κ3) is 1.98. The maximum absolute atomic E-state index is 5.83. The first-order valence-corrected chi connectivity index (χ1v) is 6.01. The van der Waals surface area contributed by atoms with E-state index in [9.17, 15) is 0 Å². The highest BCUT2D eigenvalue weighted by Gasteiger charge is 2.40. The Kier molecular flexibility index (Phi) is 3.19. The molecule has 2 rings (SSSR count). The second kappa shape index (κ2) is 4.28. The molecule has 0 aromatic carbocycles. The smallest absolute Gasteiger partial charge is 0.137 e. The Hall–Kier alpha value is -0.320. The molecule has 2 unspecified atom stereocenters. The molecule has 1 fully saturated rings. The number of ether oxygens (including phenoxy) is 1. The Morgan fingerprint density at radius 2 is 2.40 bits per heavy atom. The Morgan fingerprint density at radius 3 is 2.87 bits per heavy atom. The van der Waals surface area contributed by atoms with Crippen molar-refractivity contribution in [1.82, 2.24) is 5.32 Å². The van der Waals surface area contributed by atoms with Gasteiger partial charge >= 0.3 is 0 Å². The lowest BCUT2D eigenvalue weighted by atomic mass is 9.91. The second-order valence-electron chi connectivity index (χ2n) is 4.12. The first kappa shape index (κ1) is 11.2. The van der Waals surface area contributed by atoms with Crippen molar-refractivity contribution in [2.45, 2.75) is 31.4 Å². The fourth-order valence-corrected chi connectivity index (χ4v) is 2.68. The molecule has 1 N–H and O–H groups in total. The Balaban J connectivity index is 2.27. The van der Waals surface area contributed by atoms with E-state index in [-0.39, 0.29) is 11.6 Å². The van der Waals surface area contributed by atoms with Crippen LogP contribution >= 0.6 is 15.9 Å². The minimum Gasteiger partial charge on any atom is -0.466 e. The van der Waals surface area contributed by atoms with Gasteiger partial charge in [-0.1, -0.05) is 0 Å². The molecular weight excluding hydrogens is 258 g/mol. The molecule has 0 saturated carbocycles. The zero-order valence-corrected chi connectivity index (χ0v) is 10.6. The highest BCUT2D eigenvalue weighted by Crippen LogP contribution is 2.39. The predicted molar refractivity (Wildman–Crippen MR) is 61.8 cm³/mol. The first-order valence-electron chi connectivity index (χ1n) is 5.21. The number of nitrogens with one attached hydrogen (secondary N) is 1. The Labute approximate surface area is 98.3 Å². The molecule has 0 spiro atoms. The van der Waals surface area contributed by atoms with E-state index >= 15 is 0 Å². The molecule has 2 atom stereocenters. The molecule has 15 heavy (non-hydrogen) atoms. The summed E-state index contributed by atoms with van der Waals surface area (Å²) >= 11 is 3.49. The molecule has 84 valence electrons. The average molecular weight is 274 g/mol. The van der Waals surface area contributed by atoms with Crippen LogP contribution in [0, 0.1) is 0 Å². The summed E-state index contributed by atoms with van der Waals surface area (Å²) < 4.78 is 12.3. The molecule has 1 aromatic rings. The lowest BCUT2D eigenvalue weighted by Crippen LogP contribution is -2.39. The number of likely N-dealkylation sites (N-methyl/N-ethyl adjacent to an activating group) is 1. The van der Waals surface area contributed by atoms with Crippen molar-refractivity contribution < 1.29 is 9.15 Å². The third-order valence-electron chi connectivity index (χ3n) is 3.06. The van der Waals surface area contributed by atoms with Crippen LogP contribution in [0.15, 0.2) is 21.2 Å². The Morgan fingerprint density at radius 1 is 1.60 bits per heavy atom. The molecule has 0 radical (unpaired) electrons. The van der Waals surface area contributed by atoms with Gasteiger partial charge < -0.3 is 14.5 Å². The van der Waals surface area contributed by atoms with Crippen molar-refractivity contribution in [3.8, 4) is 0 Å². The SMILES string of the molecule is CNC(c1occc1Br)C1(C)CCCO1. The van der Waals surface area contributed by atoms with E-state index in [4.69, 9.17) is 9.15 Å². The van der Waals surface area contributed by atoms with Gasteiger partial charge in [0.1, 0.15) is 5.76 Å². The summed E-state index contributed by atoms with van der Waals surface area (Å²) in [6.07, 6.45) is 3.88. The predicted octanol–water partition coefficient (Wildman–Crippen LogP) is 2.87. The molecule has 4 heteroatoms. The second-order valence-corrected chi connectivity index (χ2v) is 4.97. The zero-order valence-electron chi connectivity index (χ0n) is 9.05. The highest BCUT2D eigenvalue weighted by molar-refractivity contribution is 9.10. The zero-order chi connectivity index (χ0) is 10.9. The number of rotatable bonds is 3. The van der Waals surface area contributed by atoms with Gasteiger partial charge in [0, 0.05) is 6.61 Å². The minimum absolute atomic E-state index is 0.101. The van der Waals surface area contributed by atoms with Gasteiger partial charge in [-0.2, -0.15) is 0 Å². The van der Waals surface area contributed by atoms with Gasteiger partial charge in [-0.3, -0.25) is 0 Å². The van der Waals surface area contributed by atoms with E-state index < -0.39 is 0 Å². The first-order chi connectivity index (χ1) is 7.17. The van der Waals surface area contributed by atoms with Crippen LogP contribution in [0.5, 0.6) is 0 Å². The summed E-state index contributed by atoms with van der Waals surface area (Å²) in [7, 11) is 1.94. The summed E-state index contributed by atoms with van der Waals surface area (Å²) in [5.41, 5.74) is -0.158. The van der Waals surface area contributed by atoms with Gasteiger partial charge in [-0.25, -0.2) is 0 Å². The molecule has 1 saturated heterocycles. The molecule has 3 nitrogen and oxygen atoms in total. The standard InChI is InChI=1S/C11H16BrNO2/c1-11(5-3-6-15-11)10(13-2)9-8(12)4-7-14-9/h4,7,10,13H,3,5-6H2,1-2H3. The van der Waals surface area contributed by atoms with Gasteiger partial charge in [0.2, 0.25) is 0 Å². The number of halogens is 1. The van der Waals surface area contributed by atoms with Crippen LogP contribution in [0.25, 0.3) is 0 Å². The summed E-state index contributed by atoms with van der Waals surface area (Å²) in [5.74, 6) is 0.918. The van der Waals surface area contributed by atoms with Crippen molar-refractivity contribution in [2.75, 3.05) is 13.7 Å². The molecule has 0 aliphatic carbocycles. The quantitative estimate of drug-likeness (QED) is 0.920. The molecule has 0 bridgehead atoms. The van der Waals surface area contributed by atoms with Crippen molar-refractivity contribution in [3.63, 3.8) is 0 Å². The van der Waals surface area contributed by atoms with Crippen LogP contribution in [0.4, 0.5) is 0 Å². The number of furan rings is 1. The number of hydrogen-bond acceptors (Lipinski definition) is 3. The molecule has 1 aromatic heterocycles. The third-order valence-corrected chi connectivity index (χ3v) is 3.71. The van der Waals surface area contributed by atoms with Gasteiger partial charge in [0.25, 0.3) is 0 Å². The van der Waals surface area contributed by atoms with Crippen molar-refractivity contribution in [1.29, 1.82) is 0 Å². The molecule has 1 aliphatic heterocycles. The van der Waals surface area contributed by atoms with Crippen LogP contribution in [0.2, 0.25) is 0 Å². The van der Waals surface area contributed by atoms with Crippen LogP contribution in [-0.2, 0) is 4.74 Å². The summed E-state index contributed by atoms with van der Waals surface area (Å²) in [6, 6.07) is 2.02. The van der Waals surface area contributed by atoms with Crippen molar-refractivity contribution in [2.24, 2.45) is 0 Å². The molecule has 2 heterocycles. The number of hydrogen-bond donors (Lipinski definition) is 1. The average Bonchev–Trinajstić information content (AvgIpc) is 2.79. The Bertz CT molecular complexity index is 331. The van der Waals surface area contributed by atoms with Gasteiger partial charge in [-0.05, 0) is 48.8 Å². The van der Waals surface area contributed by atoms with E-state index in [1.54, 1.807) is 6.26 Å². The lowest BCUT2D eigenvalue weighted by Gasteiger charge is -2.31. The largest absolute Gasteiger partial charge is 0.466 e. The lowest BCUT2D eigenvalue weighted by molar-refractivity contribution is -0.0162. The van der Waals surface area contributed by atoms with E-state index in [1.165, 1.54) is 0 Å². The molecule has 0 amide bonds. The fourth-order valence-electron chi connectivity index (χ4n) is 2.25. The molecular formula is C11H16BrNO2. The monoisotopic (exact) mass is 273 g/mol. The van der Waals surface area contributed by atoms with Crippen LogP contribution in [0.1, 0.15) is 31.6 Å². The van der Waals surface area contributed by atoms with E-state index in [0.717, 1.165) is 29.7 Å². The highest BCUT2D eigenvalue weighted by atomic mass is 79.9. The summed E-state index contributed by atoms with van der Waals surface area (Å²) in [5, 5.41) is 3.28. The normalized spacial score (nSPS) is 28.2. The van der Waals surface area contributed by atoms with Crippen LogP contribution in [0.3, 0.4) is 0 Å². The van der Waals surface area contributed by atoms with E-state index in [0.29, 0.717) is 0 Å². The van der Waals surface area contributed by atoms with Gasteiger partial charge in [0.05, 0.1) is 22.4 Å². The minimum atomic E-state index is -0.158. The maximum atomic E-state index is 5.83.